The Morgan fingerprint density at radius 2 is 0.497 bits per heavy atom. The highest BCUT2D eigenvalue weighted by atomic mass is 32.1. The van der Waals surface area contributed by atoms with Crippen LogP contribution in [0, 0.1) is 13.8 Å². The lowest BCUT2D eigenvalue weighted by Gasteiger charge is -2.34. The van der Waals surface area contributed by atoms with Gasteiger partial charge in [-0.1, -0.05) is 485 Å². The smallest absolute Gasteiger partial charge is 0.0714 e. The number of hydrogen-bond donors (Lipinski definition) is 0. The largest absolute Gasteiger partial charge is 0.310 e. The molecule has 0 bridgehead atoms. The maximum Gasteiger partial charge on any atom is 0.0714 e. The summed E-state index contributed by atoms with van der Waals surface area (Å²) in [6.45, 7) is 9.18. The predicted octanol–water partition coefficient (Wildman–Crippen LogP) is 39.5. The van der Waals surface area contributed by atoms with Crippen molar-refractivity contribution in [3.8, 4) is 100 Å². The summed E-state index contributed by atoms with van der Waals surface area (Å²) in [5.74, 6) is 0. The molecule has 0 amide bonds. The van der Waals surface area contributed by atoms with Gasteiger partial charge in [-0.05, 0) is 269 Å². The minimum absolute atomic E-state index is 0.266. The first-order valence-corrected chi connectivity index (χ1v) is 52.5. The van der Waals surface area contributed by atoms with Crippen molar-refractivity contribution in [2.24, 2.45) is 0 Å². The van der Waals surface area contributed by atoms with Crippen molar-refractivity contribution in [2.45, 2.75) is 43.9 Å². The van der Waals surface area contributed by atoms with Crippen molar-refractivity contribution >= 4 is 82.7 Å². The number of fused-ring (bicyclic) bond motifs is 12. The van der Waals surface area contributed by atoms with E-state index >= 15 is 0 Å². The molecular formula is C145H107N3S. The predicted molar refractivity (Wildman–Crippen MR) is 631 cm³/mol. The zero-order valence-corrected chi connectivity index (χ0v) is 84.4. The maximum atomic E-state index is 2.52. The number of aryl methyl sites for hydroxylation is 2. The Morgan fingerprint density at radius 1 is 0.181 bits per heavy atom. The first kappa shape index (κ1) is 91.9. The monoisotopic (exact) mass is 1920 g/mol. The second-order valence-corrected chi connectivity index (χ2v) is 40.6. The fourth-order valence-corrected chi connectivity index (χ4v) is 25.1. The van der Waals surface area contributed by atoms with Crippen LogP contribution in [-0.4, -0.2) is 0 Å². The third-order valence-electron chi connectivity index (χ3n) is 31.0. The van der Waals surface area contributed by atoms with Crippen molar-refractivity contribution < 1.29 is 0 Å². The summed E-state index contributed by atoms with van der Waals surface area (Å²) in [6.07, 6.45) is 0. The highest BCUT2D eigenvalue weighted by Crippen LogP contribution is 2.63. The van der Waals surface area contributed by atoms with E-state index in [1.165, 1.54) is 210 Å². The lowest BCUT2D eigenvalue weighted by Crippen LogP contribution is -2.28. The van der Waals surface area contributed by atoms with Gasteiger partial charge in [0.15, 0.2) is 0 Å². The second-order valence-electron chi connectivity index (χ2n) is 39.6. The lowest BCUT2D eigenvalue weighted by atomic mass is 9.67. The molecule has 1 heterocycles. The van der Waals surface area contributed by atoms with Gasteiger partial charge in [0.1, 0.15) is 0 Å². The molecular weight excluding hydrogens is 1820 g/mol. The van der Waals surface area contributed by atoms with Gasteiger partial charge in [-0.25, -0.2) is 0 Å². The van der Waals surface area contributed by atoms with Crippen LogP contribution in [0.3, 0.4) is 0 Å². The van der Waals surface area contributed by atoms with Gasteiger partial charge in [0, 0.05) is 71.4 Å². The van der Waals surface area contributed by atoms with E-state index < -0.39 is 5.41 Å². The highest BCUT2D eigenvalue weighted by Gasteiger charge is 2.49. The molecule has 3 aliphatic carbocycles. The molecule has 1 aromatic heterocycles. The molecule has 4 heteroatoms. The topological polar surface area (TPSA) is 9.72 Å². The Labute approximate surface area is 877 Å². The van der Waals surface area contributed by atoms with E-state index in [4.69, 9.17) is 0 Å². The Balaban J connectivity index is 0.000000116. The molecule has 0 saturated carbocycles. The van der Waals surface area contributed by atoms with E-state index in [2.05, 4.69) is 619 Å². The molecule has 3 aliphatic rings. The van der Waals surface area contributed by atoms with E-state index in [0.29, 0.717) is 0 Å². The van der Waals surface area contributed by atoms with Gasteiger partial charge in [0.2, 0.25) is 0 Å². The van der Waals surface area contributed by atoms with Crippen molar-refractivity contribution in [2.75, 3.05) is 14.7 Å². The van der Waals surface area contributed by atoms with Gasteiger partial charge in [-0.2, -0.15) is 0 Å². The van der Waals surface area contributed by atoms with E-state index in [0.717, 1.165) is 28.4 Å². The number of anilines is 9. The van der Waals surface area contributed by atoms with Crippen LogP contribution >= 0.6 is 11.3 Å². The normalized spacial score (nSPS) is 14.7. The zero-order chi connectivity index (χ0) is 99.9. The summed E-state index contributed by atoms with van der Waals surface area (Å²) in [5, 5.41) is 2.59. The molecule has 3 atom stereocenters. The molecule has 27 rings (SSSR count). The minimum Gasteiger partial charge on any atom is -0.310 e. The van der Waals surface area contributed by atoms with Crippen LogP contribution in [0.5, 0.6) is 0 Å². The summed E-state index contributed by atoms with van der Waals surface area (Å²) in [7, 11) is 0. The van der Waals surface area contributed by atoms with Crippen LogP contribution in [0.4, 0.5) is 51.2 Å². The fraction of sp³-hybridized carbons (Fsp3) is 0.0483. The minimum atomic E-state index is -0.488. The van der Waals surface area contributed by atoms with Crippen LogP contribution < -0.4 is 14.7 Å². The van der Waals surface area contributed by atoms with Crippen molar-refractivity contribution in [3.63, 3.8) is 0 Å². The van der Waals surface area contributed by atoms with Crippen LogP contribution in [0.2, 0.25) is 0 Å². The van der Waals surface area contributed by atoms with E-state index in [-0.39, 0.29) is 10.8 Å². The average molecular weight is 1920 g/mol. The summed E-state index contributed by atoms with van der Waals surface area (Å²) >= 11 is 1.88. The quantitative estimate of drug-likeness (QED) is 0.0799. The van der Waals surface area contributed by atoms with Gasteiger partial charge in [-0.3, -0.25) is 0 Å². The molecule has 3 nitrogen and oxygen atoms in total. The molecule has 24 aromatic rings. The number of rotatable bonds is 19. The first-order chi connectivity index (χ1) is 73.5. The van der Waals surface area contributed by atoms with Crippen LogP contribution in [0.15, 0.2) is 576 Å². The molecule has 0 saturated heterocycles. The van der Waals surface area contributed by atoms with Gasteiger partial charge >= 0.3 is 0 Å². The van der Waals surface area contributed by atoms with Gasteiger partial charge < -0.3 is 14.7 Å². The fourth-order valence-electron chi connectivity index (χ4n) is 23.9. The summed E-state index contributed by atoms with van der Waals surface area (Å²) in [6, 6.07) is 211. The summed E-state index contributed by atoms with van der Waals surface area (Å²) in [4.78, 5) is 7.46. The standard InChI is InChI=1S/C50H35NS.C50H37N.C45H35N/c1-34-29-31-38(32-30-34)50(37-18-6-3-7-19-37)43-24-10-8-22-42(43)48-44(50)25-14-26-45(48)51(39-20-12-17-36(33-39)35-15-4-2-5-16-35)46-27-13-23-41-40-21-9-11-28-47(40)52-49(41)46;1-50(42-23-12-5-13-24-42)46-26-15-14-25-45(46)49-47(50)27-16-28-48(49)51(43-31-29-39(30-32-43)36-17-6-2-7-18-36)44-34-40(37-19-8-3-9-20-37)33-41(35-44)38-21-10-4-11-22-38;1-32-31-36(34-17-8-4-9-18-34)27-30-42(32)46(38-28-25-35(26-29-38)33-15-6-3-7-16-33)43-24-14-23-41-44(43)39-21-12-13-22-40(39)45(41,2)37-19-10-5-11-20-37/h2-33H,1H3;2-35H,1H3;3-31H,1-2H3. The third kappa shape index (κ3) is 16.4. The molecule has 23 aromatic carbocycles. The molecule has 708 valence electrons. The molecule has 149 heavy (non-hydrogen) atoms. The number of nitrogens with zero attached hydrogens (tertiary/aromatic N) is 3. The zero-order valence-electron chi connectivity index (χ0n) is 83.6. The summed E-state index contributed by atoms with van der Waals surface area (Å²) in [5.41, 5.74) is 47.0. The maximum absolute atomic E-state index is 2.52. The molecule has 0 aliphatic heterocycles. The lowest BCUT2D eigenvalue weighted by molar-refractivity contribution is 0.714. The Kier molecular flexibility index (Phi) is 24.2. The van der Waals surface area contributed by atoms with Crippen molar-refractivity contribution in [3.05, 3.63) is 643 Å². The van der Waals surface area contributed by atoms with E-state index in [1.54, 1.807) is 0 Å². The first-order valence-electron chi connectivity index (χ1n) is 51.7. The molecule has 0 fully saturated rings. The van der Waals surface area contributed by atoms with Gasteiger partial charge in [0.05, 0.1) is 32.9 Å². The Hall–Kier alpha value is -18.3. The number of hydrogen-bond acceptors (Lipinski definition) is 4. The van der Waals surface area contributed by atoms with E-state index in [9.17, 15) is 0 Å². The van der Waals surface area contributed by atoms with Crippen LogP contribution in [0.1, 0.15) is 80.6 Å². The van der Waals surface area contributed by atoms with Crippen LogP contribution in [-0.2, 0) is 16.2 Å². The second kappa shape index (κ2) is 39.3. The Bertz CT molecular complexity index is 8950. The SMILES string of the molecule is CC1(c2ccccc2)c2ccccc2-c2c(N(c3ccc(-c4ccccc4)cc3)c3cc(-c4ccccc4)cc(-c4ccccc4)c3)cccc21.Cc1cc(-c2ccccc2)ccc1N(c1ccc(-c2ccccc2)cc1)c1cccc2c1-c1ccccc1C2(C)c1ccccc1.Cc1ccc(C2(c3ccccc3)c3ccccc3-c3c(N(c4cccc(-c5ccccc5)c4)c4cccc5c4sc4ccccc45)cccc32)cc1. The third-order valence-corrected chi connectivity index (χ3v) is 32.2. The molecule has 0 radical (unpaired) electrons. The molecule has 0 spiro atoms. The molecule has 3 unspecified atom stereocenters. The number of benzene rings is 23. The van der Waals surface area contributed by atoms with Crippen molar-refractivity contribution in [1.29, 1.82) is 0 Å². The van der Waals surface area contributed by atoms with Crippen molar-refractivity contribution in [1.82, 2.24) is 0 Å². The van der Waals surface area contributed by atoms with Crippen LogP contribution in [0.25, 0.3) is 120 Å². The average Bonchev–Trinajstić information content (AvgIpc) is 1.48. The highest BCUT2D eigenvalue weighted by molar-refractivity contribution is 7.26. The van der Waals surface area contributed by atoms with Gasteiger partial charge in [-0.15, -0.1) is 11.3 Å². The van der Waals surface area contributed by atoms with Gasteiger partial charge in [0.25, 0.3) is 0 Å². The number of thiophene rings is 1. The molecule has 0 N–H and O–H groups in total. The Morgan fingerprint density at radius 3 is 0.980 bits per heavy atom. The van der Waals surface area contributed by atoms with E-state index in [1.807, 2.05) is 11.3 Å². The summed E-state index contributed by atoms with van der Waals surface area (Å²) < 4.78 is 2.58.